The molecule has 0 bridgehead atoms. The van der Waals surface area contributed by atoms with Crippen molar-refractivity contribution in [1.82, 2.24) is 4.98 Å². The largest absolute Gasteiger partial charge is 0.249 e. The standard InChI is InChI=1S/C11H14NS2/c1-2-6-10(7-3-1)13-14-11-8-4-5-9-12-11/h4-6,8-10H,1-3,7H2/t10-/m1/s1. The maximum Gasteiger partial charge on any atom is 0.106 e. The summed E-state index contributed by atoms with van der Waals surface area (Å²) in [6, 6.07) is 6.07. The molecule has 2 rings (SSSR count). The third-order valence-corrected chi connectivity index (χ3v) is 4.99. The molecule has 0 spiro atoms. The van der Waals surface area contributed by atoms with Gasteiger partial charge in [-0.1, -0.05) is 29.7 Å². The zero-order valence-corrected chi connectivity index (χ0v) is 9.69. The van der Waals surface area contributed by atoms with Crippen LogP contribution < -0.4 is 0 Å². The smallest absolute Gasteiger partial charge is 0.106 e. The average molecular weight is 224 g/mol. The lowest BCUT2D eigenvalue weighted by molar-refractivity contribution is 0.605. The van der Waals surface area contributed by atoms with Crippen LogP contribution in [0.2, 0.25) is 0 Å². The molecule has 1 aromatic rings. The summed E-state index contributed by atoms with van der Waals surface area (Å²) in [5.74, 6) is 0. The Morgan fingerprint density at radius 3 is 3.00 bits per heavy atom. The molecule has 1 aliphatic carbocycles. The second-order valence-electron chi connectivity index (χ2n) is 3.41. The first-order valence-electron chi connectivity index (χ1n) is 5.03. The molecule has 1 radical (unpaired) electrons. The van der Waals surface area contributed by atoms with Crippen LogP contribution in [0, 0.1) is 6.42 Å². The zero-order valence-electron chi connectivity index (χ0n) is 8.06. The van der Waals surface area contributed by atoms with Crippen LogP contribution in [0.15, 0.2) is 29.4 Å². The Morgan fingerprint density at radius 1 is 1.29 bits per heavy atom. The first-order chi connectivity index (χ1) is 6.95. The van der Waals surface area contributed by atoms with Gasteiger partial charge in [0.05, 0.1) is 0 Å². The summed E-state index contributed by atoms with van der Waals surface area (Å²) in [6.45, 7) is 0. The van der Waals surface area contributed by atoms with Gasteiger partial charge in [-0.3, -0.25) is 0 Å². The first kappa shape index (κ1) is 10.4. The average Bonchev–Trinajstić information content (AvgIpc) is 2.29. The minimum absolute atomic E-state index is 0.732. The fourth-order valence-electron chi connectivity index (χ4n) is 1.51. The maximum absolute atomic E-state index is 4.29. The van der Waals surface area contributed by atoms with Crippen molar-refractivity contribution in [3.05, 3.63) is 30.8 Å². The van der Waals surface area contributed by atoms with E-state index < -0.39 is 0 Å². The van der Waals surface area contributed by atoms with E-state index >= 15 is 0 Å². The molecule has 0 N–H and O–H groups in total. The van der Waals surface area contributed by atoms with Crippen LogP contribution in [0.1, 0.15) is 25.7 Å². The lowest BCUT2D eigenvalue weighted by Gasteiger charge is -2.19. The fourth-order valence-corrected chi connectivity index (χ4v) is 3.93. The quantitative estimate of drug-likeness (QED) is 0.721. The van der Waals surface area contributed by atoms with Crippen molar-refractivity contribution >= 4 is 21.6 Å². The number of hydrogen-bond acceptors (Lipinski definition) is 3. The number of hydrogen-bond donors (Lipinski definition) is 0. The third-order valence-electron chi connectivity index (χ3n) is 2.27. The van der Waals surface area contributed by atoms with Crippen molar-refractivity contribution < 1.29 is 0 Å². The molecule has 1 saturated carbocycles. The molecule has 1 nitrogen and oxygen atoms in total. The van der Waals surface area contributed by atoms with Crippen LogP contribution in [0.3, 0.4) is 0 Å². The molecule has 0 aliphatic heterocycles. The number of pyridine rings is 1. The van der Waals surface area contributed by atoms with Gasteiger partial charge in [0.2, 0.25) is 0 Å². The van der Waals surface area contributed by atoms with Crippen molar-refractivity contribution in [2.24, 2.45) is 0 Å². The van der Waals surface area contributed by atoms with Gasteiger partial charge in [0.1, 0.15) is 5.03 Å². The number of nitrogens with zero attached hydrogens (tertiary/aromatic N) is 1. The van der Waals surface area contributed by atoms with Crippen LogP contribution >= 0.6 is 21.6 Å². The topological polar surface area (TPSA) is 12.9 Å². The molecule has 1 heterocycles. The number of aromatic nitrogens is 1. The van der Waals surface area contributed by atoms with Gasteiger partial charge in [-0.15, -0.1) is 0 Å². The van der Waals surface area contributed by atoms with Gasteiger partial charge in [0.15, 0.2) is 0 Å². The van der Waals surface area contributed by atoms with Crippen molar-refractivity contribution in [3.63, 3.8) is 0 Å². The lowest BCUT2D eigenvalue weighted by Crippen LogP contribution is -2.07. The van der Waals surface area contributed by atoms with Gasteiger partial charge in [0.25, 0.3) is 0 Å². The third kappa shape index (κ3) is 3.21. The van der Waals surface area contributed by atoms with Gasteiger partial charge >= 0.3 is 0 Å². The molecule has 14 heavy (non-hydrogen) atoms. The Balaban J connectivity index is 1.76. The van der Waals surface area contributed by atoms with E-state index in [1.165, 1.54) is 25.7 Å². The molecule has 3 heteroatoms. The van der Waals surface area contributed by atoms with Crippen molar-refractivity contribution in [1.29, 1.82) is 0 Å². The van der Waals surface area contributed by atoms with Gasteiger partial charge in [-0.25, -0.2) is 4.98 Å². The monoisotopic (exact) mass is 224 g/mol. The minimum atomic E-state index is 0.732. The minimum Gasteiger partial charge on any atom is -0.249 e. The van der Waals surface area contributed by atoms with Gasteiger partial charge in [-0.2, -0.15) is 0 Å². The van der Waals surface area contributed by atoms with Crippen molar-refractivity contribution in [2.75, 3.05) is 0 Å². The highest BCUT2D eigenvalue weighted by molar-refractivity contribution is 8.76. The van der Waals surface area contributed by atoms with E-state index in [0.29, 0.717) is 0 Å². The van der Waals surface area contributed by atoms with Crippen molar-refractivity contribution in [3.8, 4) is 0 Å². The van der Waals surface area contributed by atoms with Crippen molar-refractivity contribution in [2.45, 2.75) is 36.0 Å². The fraction of sp³-hybridized carbons (Fsp3) is 0.455. The second-order valence-corrected chi connectivity index (χ2v) is 5.87. The SMILES string of the molecule is [CH]1CCCC[C@@H]1SSc1ccccn1. The zero-order chi connectivity index (χ0) is 9.64. The second kappa shape index (κ2) is 5.66. The van der Waals surface area contributed by atoms with E-state index in [-0.39, 0.29) is 0 Å². The van der Waals surface area contributed by atoms with Gasteiger partial charge in [0, 0.05) is 11.4 Å². The van der Waals surface area contributed by atoms with Crippen LogP contribution in [0.4, 0.5) is 0 Å². The van der Waals surface area contributed by atoms with Crippen LogP contribution in [-0.4, -0.2) is 10.2 Å². The van der Waals surface area contributed by atoms with Crippen LogP contribution in [0.5, 0.6) is 0 Å². The summed E-state index contributed by atoms with van der Waals surface area (Å²) in [5.41, 5.74) is 0. The predicted octanol–water partition coefficient (Wildman–Crippen LogP) is 3.97. The molecule has 1 atom stereocenters. The summed E-state index contributed by atoms with van der Waals surface area (Å²) in [4.78, 5) is 4.29. The molecule has 1 aromatic heterocycles. The van der Waals surface area contributed by atoms with E-state index in [4.69, 9.17) is 0 Å². The Labute approximate surface area is 93.5 Å². The van der Waals surface area contributed by atoms with E-state index in [2.05, 4.69) is 17.5 Å². The molecule has 0 unspecified atom stereocenters. The number of rotatable bonds is 3. The molecule has 75 valence electrons. The molecule has 0 saturated heterocycles. The Morgan fingerprint density at radius 2 is 2.29 bits per heavy atom. The van der Waals surface area contributed by atoms with E-state index in [1.54, 1.807) is 10.8 Å². The molecule has 1 fully saturated rings. The predicted molar refractivity (Wildman–Crippen MR) is 64.2 cm³/mol. The summed E-state index contributed by atoms with van der Waals surface area (Å²) in [7, 11) is 3.75. The highest BCUT2D eigenvalue weighted by Crippen LogP contribution is 2.38. The summed E-state index contributed by atoms with van der Waals surface area (Å²) in [5, 5.41) is 1.85. The maximum atomic E-state index is 4.29. The lowest BCUT2D eigenvalue weighted by atomic mass is 10.0. The summed E-state index contributed by atoms with van der Waals surface area (Å²) in [6.07, 6.45) is 9.70. The normalized spacial score (nSPS) is 18.3. The van der Waals surface area contributed by atoms with E-state index in [1.807, 2.05) is 29.1 Å². The Hall–Kier alpha value is -0.150. The molecular weight excluding hydrogens is 210 g/mol. The highest BCUT2D eigenvalue weighted by Gasteiger charge is 2.14. The highest BCUT2D eigenvalue weighted by atomic mass is 33.1. The van der Waals surface area contributed by atoms with Crippen LogP contribution in [-0.2, 0) is 0 Å². The molecule has 0 amide bonds. The van der Waals surface area contributed by atoms with E-state index in [0.717, 1.165) is 10.3 Å². The van der Waals surface area contributed by atoms with Gasteiger partial charge in [-0.05, 0) is 42.2 Å². The molecular formula is C11H14NS2. The summed E-state index contributed by atoms with van der Waals surface area (Å²) < 4.78 is 0. The van der Waals surface area contributed by atoms with Crippen LogP contribution in [0.25, 0.3) is 0 Å². The Kier molecular flexibility index (Phi) is 4.20. The molecule has 1 aliphatic rings. The van der Waals surface area contributed by atoms with Gasteiger partial charge < -0.3 is 0 Å². The Bertz CT molecular complexity index is 257. The molecule has 0 aromatic carbocycles. The first-order valence-corrected chi connectivity index (χ1v) is 7.24. The van der Waals surface area contributed by atoms with E-state index in [9.17, 15) is 0 Å². The summed E-state index contributed by atoms with van der Waals surface area (Å²) >= 11 is 0.